The Balaban J connectivity index is 3.00. The van der Waals surface area contributed by atoms with Crippen LogP contribution >= 0.6 is 11.6 Å². The van der Waals surface area contributed by atoms with E-state index in [-0.39, 0.29) is 16.5 Å². The van der Waals surface area contributed by atoms with Crippen LogP contribution < -0.4 is 4.90 Å². The fourth-order valence-corrected chi connectivity index (χ4v) is 1.31. The molecule has 16 heavy (non-hydrogen) atoms. The van der Waals surface area contributed by atoms with Crippen molar-refractivity contribution in [2.45, 2.75) is 6.43 Å². The van der Waals surface area contributed by atoms with E-state index in [1.807, 2.05) is 0 Å². The lowest BCUT2D eigenvalue weighted by atomic mass is 10.2. The van der Waals surface area contributed by atoms with Crippen LogP contribution in [0.1, 0.15) is 10.4 Å². The van der Waals surface area contributed by atoms with E-state index in [4.69, 9.17) is 16.7 Å². The van der Waals surface area contributed by atoms with Gasteiger partial charge in [-0.1, -0.05) is 11.6 Å². The highest BCUT2D eigenvalue weighted by Gasteiger charge is 2.13. The largest absolute Gasteiger partial charge is 0.478 e. The highest BCUT2D eigenvalue weighted by Crippen LogP contribution is 2.18. The van der Waals surface area contributed by atoms with Crippen molar-refractivity contribution in [1.82, 2.24) is 4.98 Å². The van der Waals surface area contributed by atoms with Crippen LogP contribution in [0.5, 0.6) is 0 Å². The molecule has 88 valence electrons. The molecule has 1 aromatic heterocycles. The molecule has 0 unspecified atom stereocenters. The molecule has 0 spiro atoms. The molecule has 0 saturated heterocycles. The van der Waals surface area contributed by atoms with Gasteiger partial charge in [-0.05, 0) is 12.1 Å². The second kappa shape index (κ2) is 5.07. The van der Waals surface area contributed by atoms with E-state index in [1.54, 1.807) is 0 Å². The first kappa shape index (κ1) is 12.6. The molecule has 0 saturated carbocycles. The Kier molecular flexibility index (Phi) is 4.00. The number of carbonyl (C=O) groups is 1. The van der Waals surface area contributed by atoms with Gasteiger partial charge in [-0.3, -0.25) is 0 Å². The molecule has 0 radical (unpaired) electrons. The number of alkyl halides is 2. The van der Waals surface area contributed by atoms with Crippen molar-refractivity contribution in [3.05, 3.63) is 22.8 Å². The smallest absolute Gasteiger partial charge is 0.335 e. The molecule has 0 bridgehead atoms. The van der Waals surface area contributed by atoms with Gasteiger partial charge in [0.15, 0.2) is 0 Å². The molecule has 0 fully saturated rings. The van der Waals surface area contributed by atoms with Crippen molar-refractivity contribution in [1.29, 1.82) is 0 Å². The van der Waals surface area contributed by atoms with Gasteiger partial charge in [0.25, 0.3) is 6.43 Å². The Bertz CT molecular complexity index is 401. The molecule has 7 heteroatoms. The van der Waals surface area contributed by atoms with Crippen LogP contribution in [-0.4, -0.2) is 36.1 Å². The van der Waals surface area contributed by atoms with Gasteiger partial charge in [0.1, 0.15) is 11.0 Å². The molecule has 0 amide bonds. The molecule has 1 N–H and O–H groups in total. The van der Waals surface area contributed by atoms with E-state index < -0.39 is 18.9 Å². The normalized spacial score (nSPS) is 10.6. The minimum Gasteiger partial charge on any atom is -0.478 e. The monoisotopic (exact) mass is 250 g/mol. The van der Waals surface area contributed by atoms with Crippen LogP contribution in [0.2, 0.25) is 5.15 Å². The summed E-state index contributed by atoms with van der Waals surface area (Å²) < 4.78 is 24.2. The maximum absolute atomic E-state index is 12.1. The lowest BCUT2D eigenvalue weighted by molar-refractivity contribution is 0.0697. The Morgan fingerprint density at radius 2 is 2.25 bits per heavy atom. The van der Waals surface area contributed by atoms with Crippen LogP contribution in [0.3, 0.4) is 0 Å². The number of aromatic carboxylic acids is 1. The number of pyridine rings is 1. The Morgan fingerprint density at radius 3 is 2.75 bits per heavy atom. The zero-order valence-electron chi connectivity index (χ0n) is 8.32. The number of hydrogen-bond acceptors (Lipinski definition) is 3. The lowest BCUT2D eigenvalue weighted by Gasteiger charge is -2.17. The van der Waals surface area contributed by atoms with E-state index in [1.165, 1.54) is 13.1 Å². The predicted molar refractivity (Wildman–Crippen MR) is 55.5 cm³/mol. The maximum atomic E-state index is 12.1. The number of rotatable bonds is 4. The average molecular weight is 251 g/mol. The lowest BCUT2D eigenvalue weighted by Crippen LogP contribution is -2.25. The van der Waals surface area contributed by atoms with Gasteiger partial charge in [-0.15, -0.1) is 0 Å². The summed E-state index contributed by atoms with van der Waals surface area (Å²) in [6, 6.07) is 2.35. The van der Waals surface area contributed by atoms with Crippen LogP contribution in [0.15, 0.2) is 12.1 Å². The van der Waals surface area contributed by atoms with Gasteiger partial charge in [0, 0.05) is 7.05 Å². The molecule has 1 heterocycles. The van der Waals surface area contributed by atoms with Crippen LogP contribution in [0.25, 0.3) is 0 Å². The third-order valence-corrected chi connectivity index (χ3v) is 2.02. The molecule has 0 aromatic carbocycles. The molecule has 1 aromatic rings. The SMILES string of the molecule is CN(CC(F)F)c1cc(C(=O)O)cc(Cl)n1. The standard InChI is InChI=1S/C9H9ClF2N2O2/c1-14(4-7(11)12)8-3-5(9(15)16)2-6(10)13-8/h2-3,7H,4H2,1H3,(H,15,16). The van der Waals surface area contributed by atoms with E-state index >= 15 is 0 Å². The van der Waals surface area contributed by atoms with Crippen molar-refractivity contribution in [2.75, 3.05) is 18.5 Å². The maximum Gasteiger partial charge on any atom is 0.335 e. The van der Waals surface area contributed by atoms with E-state index in [0.717, 1.165) is 11.0 Å². The predicted octanol–water partition coefficient (Wildman–Crippen LogP) is 2.13. The number of nitrogens with zero attached hydrogens (tertiary/aromatic N) is 2. The Morgan fingerprint density at radius 1 is 1.62 bits per heavy atom. The van der Waals surface area contributed by atoms with Crippen LogP contribution in [0.4, 0.5) is 14.6 Å². The highest BCUT2D eigenvalue weighted by molar-refractivity contribution is 6.29. The number of anilines is 1. The fourth-order valence-electron chi connectivity index (χ4n) is 1.10. The Hall–Kier alpha value is -1.43. The first-order valence-electron chi connectivity index (χ1n) is 4.30. The third kappa shape index (κ3) is 3.30. The molecule has 0 atom stereocenters. The average Bonchev–Trinajstić information content (AvgIpc) is 2.15. The topological polar surface area (TPSA) is 53.4 Å². The van der Waals surface area contributed by atoms with Crippen molar-refractivity contribution < 1.29 is 18.7 Å². The fraction of sp³-hybridized carbons (Fsp3) is 0.333. The summed E-state index contributed by atoms with van der Waals surface area (Å²) in [5.74, 6) is -1.08. The van der Waals surface area contributed by atoms with Gasteiger partial charge < -0.3 is 10.0 Å². The Labute approximate surface area is 95.5 Å². The molecule has 0 aliphatic heterocycles. The quantitative estimate of drug-likeness (QED) is 0.832. The number of aromatic nitrogens is 1. The summed E-state index contributed by atoms with van der Waals surface area (Å²) in [4.78, 5) is 15.6. The van der Waals surface area contributed by atoms with Crippen molar-refractivity contribution in [3.63, 3.8) is 0 Å². The van der Waals surface area contributed by atoms with Crippen LogP contribution in [0, 0.1) is 0 Å². The summed E-state index contributed by atoms with van der Waals surface area (Å²) in [6.45, 7) is -0.535. The molecule has 0 aliphatic carbocycles. The van der Waals surface area contributed by atoms with E-state index in [0.29, 0.717) is 0 Å². The van der Waals surface area contributed by atoms with Gasteiger partial charge in [0.05, 0.1) is 12.1 Å². The van der Waals surface area contributed by atoms with Crippen molar-refractivity contribution in [3.8, 4) is 0 Å². The molecule has 0 aliphatic rings. The molecular formula is C9H9ClF2N2O2. The number of carboxylic acids is 1. The van der Waals surface area contributed by atoms with Crippen molar-refractivity contribution in [2.24, 2.45) is 0 Å². The number of carboxylic acid groups (broad SMARTS) is 1. The minimum absolute atomic E-state index is 0.0454. The summed E-state index contributed by atoms with van der Waals surface area (Å²) in [6.07, 6.45) is -2.53. The third-order valence-electron chi connectivity index (χ3n) is 1.83. The van der Waals surface area contributed by atoms with Gasteiger partial charge >= 0.3 is 5.97 Å². The first-order valence-corrected chi connectivity index (χ1v) is 4.68. The molecule has 4 nitrogen and oxygen atoms in total. The molecular weight excluding hydrogens is 242 g/mol. The number of halogens is 3. The van der Waals surface area contributed by atoms with Crippen LogP contribution in [-0.2, 0) is 0 Å². The summed E-state index contributed by atoms with van der Waals surface area (Å²) >= 11 is 5.59. The zero-order chi connectivity index (χ0) is 12.3. The van der Waals surface area contributed by atoms with Gasteiger partial charge in [0.2, 0.25) is 0 Å². The zero-order valence-corrected chi connectivity index (χ0v) is 9.08. The minimum atomic E-state index is -2.53. The second-order valence-electron chi connectivity index (χ2n) is 3.11. The highest BCUT2D eigenvalue weighted by atomic mass is 35.5. The van der Waals surface area contributed by atoms with Gasteiger partial charge in [-0.25, -0.2) is 18.6 Å². The summed E-state index contributed by atoms with van der Waals surface area (Å²) in [7, 11) is 1.39. The first-order chi connectivity index (χ1) is 7.40. The van der Waals surface area contributed by atoms with Gasteiger partial charge in [-0.2, -0.15) is 0 Å². The molecule has 1 rings (SSSR count). The number of hydrogen-bond donors (Lipinski definition) is 1. The summed E-state index contributed by atoms with van der Waals surface area (Å²) in [5, 5.41) is 8.70. The summed E-state index contributed by atoms with van der Waals surface area (Å²) in [5.41, 5.74) is -0.0869. The van der Waals surface area contributed by atoms with Crippen molar-refractivity contribution >= 4 is 23.4 Å². The van der Waals surface area contributed by atoms with E-state index in [9.17, 15) is 13.6 Å². The van der Waals surface area contributed by atoms with E-state index in [2.05, 4.69) is 4.98 Å². The second-order valence-corrected chi connectivity index (χ2v) is 3.50.